The Labute approximate surface area is 114 Å². The lowest BCUT2D eigenvalue weighted by Gasteiger charge is -2.16. The van der Waals surface area contributed by atoms with Gasteiger partial charge < -0.3 is 19.6 Å². The average Bonchev–Trinajstić information content (AvgIpc) is 2.91. The number of ether oxygens (including phenoxy) is 2. The van der Waals surface area contributed by atoms with Crippen molar-refractivity contribution in [2.75, 3.05) is 14.2 Å². The zero-order chi connectivity index (χ0) is 13.1. The van der Waals surface area contributed by atoms with Crippen LogP contribution in [0.3, 0.4) is 0 Å². The molecule has 96 valence electrons. The van der Waals surface area contributed by atoms with E-state index in [1.165, 1.54) is 0 Å². The number of methoxy groups -OCH3 is 2. The lowest BCUT2D eigenvalue weighted by molar-refractivity contribution is 0.395. The summed E-state index contributed by atoms with van der Waals surface area (Å²) in [5, 5.41) is 0. The summed E-state index contributed by atoms with van der Waals surface area (Å²) in [6.45, 7) is 0. The van der Waals surface area contributed by atoms with Crippen LogP contribution in [0.15, 0.2) is 39.6 Å². The van der Waals surface area contributed by atoms with Crippen LogP contribution in [-0.2, 0) is 0 Å². The van der Waals surface area contributed by atoms with Gasteiger partial charge in [-0.15, -0.1) is 0 Å². The fourth-order valence-corrected chi connectivity index (χ4v) is 2.24. The first-order valence-corrected chi connectivity index (χ1v) is 6.15. The van der Waals surface area contributed by atoms with Crippen LogP contribution in [0.5, 0.6) is 11.5 Å². The second-order valence-electron chi connectivity index (χ2n) is 3.76. The smallest absolute Gasteiger partial charge is 0.133 e. The predicted octanol–water partition coefficient (Wildman–Crippen LogP) is 3.11. The third-order valence-electron chi connectivity index (χ3n) is 2.74. The van der Waals surface area contributed by atoms with E-state index in [1.54, 1.807) is 26.7 Å². The van der Waals surface area contributed by atoms with Gasteiger partial charge in [-0.3, -0.25) is 0 Å². The maximum atomic E-state index is 6.20. The van der Waals surface area contributed by atoms with Crippen LogP contribution in [0.25, 0.3) is 0 Å². The summed E-state index contributed by atoms with van der Waals surface area (Å²) < 4.78 is 16.5. The largest absolute Gasteiger partial charge is 0.496 e. The number of nitrogens with two attached hydrogens (primary N) is 1. The number of hydrogen-bond donors (Lipinski definition) is 1. The molecule has 0 saturated carbocycles. The van der Waals surface area contributed by atoms with Crippen molar-refractivity contribution < 1.29 is 13.9 Å². The lowest BCUT2D eigenvalue weighted by Crippen LogP contribution is -2.12. The van der Waals surface area contributed by atoms with Crippen molar-refractivity contribution >= 4 is 15.9 Å². The molecule has 0 saturated heterocycles. The van der Waals surface area contributed by atoms with Gasteiger partial charge in [0.1, 0.15) is 11.5 Å². The first-order valence-electron chi connectivity index (χ1n) is 5.36. The van der Waals surface area contributed by atoms with Crippen molar-refractivity contribution in [1.29, 1.82) is 0 Å². The standard InChI is InChI=1S/C13H14BrNO3/c1-16-11-6-10(14)12(17-2)5-9(11)13(15)8-3-4-18-7-8/h3-7,13H,15H2,1-2H3. The van der Waals surface area contributed by atoms with Gasteiger partial charge in [0.2, 0.25) is 0 Å². The minimum Gasteiger partial charge on any atom is -0.496 e. The fraction of sp³-hybridized carbons (Fsp3) is 0.231. The molecule has 18 heavy (non-hydrogen) atoms. The number of benzene rings is 1. The van der Waals surface area contributed by atoms with Gasteiger partial charge in [0, 0.05) is 11.1 Å². The van der Waals surface area contributed by atoms with Crippen molar-refractivity contribution in [2.45, 2.75) is 6.04 Å². The molecule has 2 rings (SSSR count). The van der Waals surface area contributed by atoms with Crippen LogP contribution in [0.1, 0.15) is 17.2 Å². The predicted molar refractivity (Wildman–Crippen MR) is 72.0 cm³/mol. The number of hydrogen-bond acceptors (Lipinski definition) is 4. The molecular formula is C13H14BrNO3. The monoisotopic (exact) mass is 311 g/mol. The molecule has 2 aromatic rings. The molecule has 0 aliphatic rings. The molecule has 0 radical (unpaired) electrons. The summed E-state index contributed by atoms with van der Waals surface area (Å²) in [4.78, 5) is 0. The van der Waals surface area contributed by atoms with Gasteiger partial charge >= 0.3 is 0 Å². The topological polar surface area (TPSA) is 57.6 Å². The van der Waals surface area contributed by atoms with Crippen LogP contribution >= 0.6 is 15.9 Å². The highest BCUT2D eigenvalue weighted by Gasteiger charge is 2.18. The first kappa shape index (κ1) is 13.0. The molecule has 0 spiro atoms. The van der Waals surface area contributed by atoms with E-state index in [1.807, 2.05) is 18.2 Å². The number of rotatable bonds is 4. The summed E-state index contributed by atoms with van der Waals surface area (Å²) in [6, 6.07) is 5.22. The molecule has 0 bridgehead atoms. The molecule has 0 amide bonds. The van der Waals surface area contributed by atoms with Gasteiger partial charge in [-0.1, -0.05) is 0 Å². The summed E-state index contributed by atoms with van der Waals surface area (Å²) in [5.74, 6) is 1.42. The van der Waals surface area contributed by atoms with Gasteiger partial charge in [0.05, 0.1) is 37.3 Å². The summed E-state index contributed by atoms with van der Waals surface area (Å²) in [7, 11) is 3.22. The number of furan rings is 1. The Morgan fingerprint density at radius 3 is 2.50 bits per heavy atom. The Hall–Kier alpha value is -1.46. The maximum absolute atomic E-state index is 6.20. The van der Waals surface area contributed by atoms with Crippen LogP contribution in [0, 0.1) is 0 Å². The SMILES string of the molecule is COc1cc(C(N)c2ccoc2)c(OC)cc1Br. The Morgan fingerprint density at radius 2 is 1.94 bits per heavy atom. The van der Waals surface area contributed by atoms with Crippen molar-refractivity contribution in [2.24, 2.45) is 5.73 Å². The summed E-state index contributed by atoms with van der Waals surface area (Å²) >= 11 is 3.42. The molecular weight excluding hydrogens is 298 g/mol. The van der Waals surface area contributed by atoms with Crippen LogP contribution in [0.4, 0.5) is 0 Å². The molecule has 0 aliphatic carbocycles. The molecule has 5 heteroatoms. The van der Waals surface area contributed by atoms with Crippen LogP contribution in [0.2, 0.25) is 0 Å². The van der Waals surface area contributed by atoms with Gasteiger partial charge in [-0.25, -0.2) is 0 Å². The Kier molecular flexibility index (Phi) is 3.93. The van der Waals surface area contributed by atoms with E-state index in [0.717, 1.165) is 15.6 Å². The third kappa shape index (κ3) is 2.37. The molecule has 1 aromatic carbocycles. The van der Waals surface area contributed by atoms with E-state index < -0.39 is 0 Å². The van der Waals surface area contributed by atoms with Crippen LogP contribution < -0.4 is 15.2 Å². The van der Waals surface area contributed by atoms with Gasteiger partial charge in [0.15, 0.2) is 0 Å². The zero-order valence-corrected chi connectivity index (χ0v) is 11.7. The highest BCUT2D eigenvalue weighted by atomic mass is 79.9. The van der Waals surface area contributed by atoms with E-state index in [2.05, 4.69) is 15.9 Å². The van der Waals surface area contributed by atoms with Gasteiger partial charge in [0.25, 0.3) is 0 Å². The highest BCUT2D eigenvalue weighted by molar-refractivity contribution is 9.10. The first-order chi connectivity index (χ1) is 8.67. The molecule has 1 unspecified atom stereocenters. The zero-order valence-electron chi connectivity index (χ0n) is 10.1. The van der Waals surface area contributed by atoms with Crippen molar-refractivity contribution in [3.05, 3.63) is 46.3 Å². The van der Waals surface area contributed by atoms with Crippen molar-refractivity contribution in [3.63, 3.8) is 0 Å². The fourth-order valence-electron chi connectivity index (χ4n) is 1.76. The number of halogens is 1. The highest BCUT2D eigenvalue weighted by Crippen LogP contribution is 2.37. The third-order valence-corrected chi connectivity index (χ3v) is 3.36. The van der Waals surface area contributed by atoms with E-state index >= 15 is 0 Å². The maximum Gasteiger partial charge on any atom is 0.133 e. The van der Waals surface area contributed by atoms with Crippen molar-refractivity contribution in [3.8, 4) is 11.5 Å². The second kappa shape index (κ2) is 5.46. The van der Waals surface area contributed by atoms with Gasteiger partial charge in [-0.05, 0) is 34.1 Å². The summed E-state index contributed by atoms with van der Waals surface area (Å²) in [5.41, 5.74) is 7.93. The van der Waals surface area contributed by atoms with E-state index in [9.17, 15) is 0 Å². The molecule has 0 aliphatic heterocycles. The van der Waals surface area contributed by atoms with E-state index in [0.29, 0.717) is 11.5 Å². The minimum atomic E-state index is -0.319. The summed E-state index contributed by atoms with van der Waals surface area (Å²) in [6.07, 6.45) is 3.22. The van der Waals surface area contributed by atoms with Crippen molar-refractivity contribution in [1.82, 2.24) is 0 Å². The Bertz CT molecular complexity index is 525. The Balaban J connectivity index is 2.48. The molecule has 1 atom stereocenters. The van der Waals surface area contributed by atoms with Crippen LogP contribution in [-0.4, -0.2) is 14.2 Å². The minimum absolute atomic E-state index is 0.319. The lowest BCUT2D eigenvalue weighted by atomic mass is 10.0. The molecule has 4 nitrogen and oxygen atoms in total. The average molecular weight is 312 g/mol. The Morgan fingerprint density at radius 1 is 1.22 bits per heavy atom. The molecule has 0 fully saturated rings. The second-order valence-corrected chi connectivity index (χ2v) is 4.62. The quantitative estimate of drug-likeness (QED) is 0.942. The molecule has 1 heterocycles. The normalized spacial score (nSPS) is 12.2. The molecule has 2 N–H and O–H groups in total. The van der Waals surface area contributed by atoms with E-state index in [4.69, 9.17) is 19.6 Å². The van der Waals surface area contributed by atoms with E-state index in [-0.39, 0.29) is 6.04 Å². The van der Waals surface area contributed by atoms with Gasteiger partial charge in [-0.2, -0.15) is 0 Å². The molecule has 1 aromatic heterocycles.